The number of carbonyl (C=O) groups excluding carboxylic acids is 2. The molecule has 0 amide bonds. The summed E-state index contributed by atoms with van der Waals surface area (Å²) >= 11 is 6.73. The highest BCUT2D eigenvalue weighted by molar-refractivity contribution is 9.10. The van der Waals surface area contributed by atoms with Gasteiger partial charge < -0.3 is 9.47 Å². The average molecular weight is 566 g/mol. The molecular formula is C22H22Br2N4O4. The second-order valence-electron chi connectivity index (χ2n) is 6.70. The Morgan fingerprint density at radius 1 is 0.906 bits per heavy atom. The van der Waals surface area contributed by atoms with Crippen LogP contribution in [0.4, 0.5) is 0 Å². The van der Waals surface area contributed by atoms with Crippen LogP contribution < -0.4 is 0 Å². The smallest absolute Gasteiger partial charge is 0.338 e. The standard InChI is InChI=1S/2C11H11BrN2O2/c1-3-14-6-9-8(11(15)16-2)4-7(12)5-10(9)13-14;1-3-14-10-5-7(12)4-8(11(15)16-2)9(10)6-13-14/h2*4-6H,3H2,1-2H3. The van der Waals surface area contributed by atoms with E-state index in [1.54, 1.807) is 23.0 Å². The van der Waals surface area contributed by atoms with E-state index in [0.29, 0.717) is 11.1 Å². The van der Waals surface area contributed by atoms with Gasteiger partial charge in [0.25, 0.3) is 0 Å². The van der Waals surface area contributed by atoms with E-state index in [1.165, 1.54) is 14.2 Å². The second kappa shape index (κ2) is 10.3. The molecule has 0 aliphatic carbocycles. The maximum atomic E-state index is 11.6. The van der Waals surface area contributed by atoms with E-state index < -0.39 is 0 Å². The number of rotatable bonds is 4. The fourth-order valence-electron chi connectivity index (χ4n) is 3.25. The molecule has 168 valence electrons. The van der Waals surface area contributed by atoms with Crippen molar-refractivity contribution in [1.29, 1.82) is 0 Å². The summed E-state index contributed by atoms with van der Waals surface area (Å²) in [5.74, 6) is -0.691. The van der Waals surface area contributed by atoms with E-state index in [1.807, 2.05) is 36.9 Å². The van der Waals surface area contributed by atoms with Gasteiger partial charge >= 0.3 is 11.9 Å². The van der Waals surface area contributed by atoms with Gasteiger partial charge in [-0.3, -0.25) is 9.36 Å². The monoisotopic (exact) mass is 564 g/mol. The zero-order chi connectivity index (χ0) is 23.4. The molecule has 2 heterocycles. The van der Waals surface area contributed by atoms with E-state index in [0.717, 1.165) is 43.8 Å². The van der Waals surface area contributed by atoms with Crippen molar-refractivity contribution >= 4 is 65.6 Å². The fraction of sp³-hybridized carbons (Fsp3) is 0.273. The number of esters is 2. The van der Waals surface area contributed by atoms with E-state index in [-0.39, 0.29) is 11.9 Å². The predicted octanol–water partition coefficient (Wildman–Crippen LogP) is 5.21. The minimum Gasteiger partial charge on any atom is -0.465 e. The quantitative estimate of drug-likeness (QED) is 0.316. The Hall–Kier alpha value is -2.72. The lowest BCUT2D eigenvalue weighted by Gasteiger charge is -2.03. The van der Waals surface area contributed by atoms with Gasteiger partial charge in [-0.05, 0) is 38.1 Å². The van der Waals surface area contributed by atoms with Crippen LogP contribution in [0.2, 0.25) is 0 Å². The maximum absolute atomic E-state index is 11.6. The van der Waals surface area contributed by atoms with Crippen molar-refractivity contribution in [2.75, 3.05) is 14.2 Å². The molecule has 10 heteroatoms. The van der Waals surface area contributed by atoms with E-state index in [9.17, 15) is 9.59 Å². The van der Waals surface area contributed by atoms with Crippen molar-refractivity contribution < 1.29 is 19.1 Å². The first-order valence-corrected chi connectivity index (χ1v) is 11.4. The van der Waals surface area contributed by atoms with Gasteiger partial charge in [0, 0.05) is 39.0 Å². The summed E-state index contributed by atoms with van der Waals surface area (Å²) in [5.41, 5.74) is 2.78. The van der Waals surface area contributed by atoms with Gasteiger partial charge in [0.15, 0.2) is 0 Å². The Balaban J connectivity index is 0.000000181. The lowest BCUT2D eigenvalue weighted by atomic mass is 10.1. The molecule has 0 spiro atoms. The Morgan fingerprint density at radius 2 is 1.50 bits per heavy atom. The molecule has 0 N–H and O–H groups in total. The summed E-state index contributed by atoms with van der Waals surface area (Å²) in [6.07, 6.45) is 3.55. The molecule has 32 heavy (non-hydrogen) atoms. The van der Waals surface area contributed by atoms with Crippen molar-refractivity contribution in [3.63, 3.8) is 0 Å². The minimum atomic E-state index is -0.345. The van der Waals surface area contributed by atoms with E-state index >= 15 is 0 Å². The molecule has 2 aromatic carbocycles. The summed E-state index contributed by atoms with van der Waals surface area (Å²) in [7, 11) is 2.75. The molecule has 0 unspecified atom stereocenters. The molecule has 0 aliphatic heterocycles. The Labute approximate surface area is 201 Å². The Bertz CT molecular complexity index is 1270. The summed E-state index contributed by atoms with van der Waals surface area (Å²) < 4.78 is 14.8. The molecule has 4 aromatic rings. The largest absolute Gasteiger partial charge is 0.465 e. The molecule has 0 aliphatic rings. The predicted molar refractivity (Wildman–Crippen MR) is 129 cm³/mol. The van der Waals surface area contributed by atoms with E-state index in [2.05, 4.69) is 42.1 Å². The number of hydrogen-bond donors (Lipinski definition) is 0. The van der Waals surface area contributed by atoms with Gasteiger partial charge in [0.2, 0.25) is 0 Å². The summed E-state index contributed by atoms with van der Waals surface area (Å²) in [6.45, 7) is 5.54. The molecule has 8 nitrogen and oxygen atoms in total. The highest BCUT2D eigenvalue weighted by atomic mass is 79.9. The number of aryl methyl sites for hydroxylation is 2. The third kappa shape index (κ3) is 4.86. The van der Waals surface area contributed by atoms with Gasteiger partial charge in [-0.15, -0.1) is 0 Å². The first-order valence-electron chi connectivity index (χ1n) is 9.81. The number of benzene rings is 2. The molecule has 0 saturated heterocycles. The van der Waals surface area contributed by atoms with Gasteiger partial charge in [0.05, 0.1) is 42.6 Å². The number of halogens is 2. The van der Waals surface area contributed by atoms with Crippen LogP contribution in [0, 0.1) is 0 Å². The summed E-state index contributed by atoms with van der Waals surface area (Å²) in [4.78, 5) is 23.2. The molecule has 0 atom stereocenters. The van der Waals surface area contributed by atoms with Crippen LogP contribution in [0.3, 0.4) is 0 Å². The number of fused-ring (bicyclic) bond motifs is 2. The maximum Gasteiger partial charge on any atom is 0.338 e. The lowest BCUT2D eigenvalue weighted by molar-refractivity contribution is 0.0594. The molecule has 4 rings (SSSR count). The SMILES string of the molecule is CCn1cc2c(C(=O)OC)cc(Br)cc2n1.CCn1ncc2c(C(=O)OC)cc(Br)cc21. The molecule has 0 radical (unpaired) electrons. The lowest BCUT2D eigenvalue weighted by Crippen LogP contribution is -2.02. The van der Waals surface area contributed by atoms with Crippen LogP contribution in [0.5, 0.6) is 0 Å². The molecule has 0 fully saturated rings. The number of ether oxygens (including phenoxy) is 2. The van der Waals surface area contributed by atoms with Gasteiger partial charge in [-0.1, -0.05) is 31.9 Å². The highest BCUT2D eigenvalue weighted by Gasteiger charge is 2.15. The highest BCUT2D eigenvalue weighted by Crippen LogP contribution is 2.25. The van der Waals surface area contributed by atoms with E-state index in [4.69, 9.17) is 9.47 Å². The zero-order valence-corrected chi connectivity index (χ0v) is 21.2. The Kier molecular flexibility index (Phi) is 7.68. The van der Waals surface area contributed by atoms with Gasteiger partial charge in [-0.25, -0.2) is 9.59 Å². The van der Waals surface area contributed by atoms with Crippen LogP contribution >= 0.6 is 31.9 Å². The third-order valence-corrected chi connectivity index (χ3v) is 5.71. The third-order valence-electron chi connectivity index (χ3n) is 4.80. The number of methoxy groups -OCH3 is 2. The number of nitrogens with zero attached hydrogens (tertiary/aromatic N) is 4. The average Bonchev–Trinajstić information content (AvgIpc) is 3.40. The molecule has 0 saturated carbocycles. The van der Waals surface area contributed by atoms with Crippen LogP contribution in [-0.2, 0) is 22.6 Å². The van der Waals surface area contributed by atoms with Crippen molar-refractivity contribution in [2.45, 2.75) is 26.9 Å². The molecule has 0 bridgehead atoms. The minimum absolute atomic E-state index is 0.345. The second-order valence-corrected chi connectivity index (χ2v) is 8.53. The topological polar surface area (TPSA) is 88.2 Å². The fourth-order valence-corrected chi connectivity index (χ4v) is 4.14. The van der Waals surface area contributed by atoms with Gasteiger partial charge in [0.1, 0.15) is 0 Å². The number of hydrogen-bond acceptors (Lipinski definition) is 6. The molecule has 2 aromatic heterocycles. The first kappa shape index (κ1) is 23.9. The van der Waals surface area contributed by atoms with Crippen LogP contribution in [0.1, 0.15) is 34.6 Å². The van der Waals surface area contributed by atoms with Gasteiger partial charge in [-0.2, -0.15) is 10.2 Å². The zero-order valence-electron chi connectivity index (χ0n) is 18.1. The van der Waals surface area contributed by atoms with Crippen LogP contribution in [0.15, 0.2) is 45.6 Å². The first-order chi connectivity index (χ1) is 15.3. The van der Waals surface area contributed by atoms with Crippen LogP contribution in [0.25, 0.3) is 21.8 Å². The molecular weight excluding hydrogens is 544 g/mol. The van der Waals surface area contributed by atoms with Crippen molar-refractivity contribution in [3.05, 3.63) is 56.7 Å². The summed E-state index contributed by atoms with van der Waals surface area (Å²) in [5, 5.41) is 10.2. The number of aromatic nitrogens is 4. The number of carbonyl (C=O) groups is 2. The Morgan fingerprint density at radius 3 is 2.06 bits per heavy atom. The summed E-state index contributed by atoms with van der Waals surface area (Å²) in [6, 6.07) is 7.32. The van der Waals surface area contributed by atoms with Crippen molar-refractivity contribution in [3.8, 4) is 0 Å². The van der Waals surface area contributed by atoms with Crippen molar-refractivity contribution in [2.24, 2.45) is 0 Å². The van der Waals surface area contributed by atoms with Crippen LogP contribution in [-0.4, -0.2) is 45.7 Å². The normalized spacial score (nSPS) is 10.7. The van der Waals surface area contributed by atoms with Crippen molar-refractivity contribution in [1.82, 2.24) is 19.6 Å².